The SMILES string of the molecule is CCS(=O)c1cnn(-c2c(Cl)cc(C(F)(F)F)cc2Cl)c1. The van der Waals surface area contributed by atoms with Crippen molar-refractivity contribution in [1.82, 2.24) is 9.78 Å². The van der Waals surface area contributed by atoms with Gasteiger partial charge in [-0.3, -0.25) is 4.21 Å². The Bertz CT molecular complexity index is 677. The Morgan fingerprint density at radius 1 is 1.29 bits per heavy atom. The fourth-order valence-corrected chi connectivity index (χ4v) is 3.04. The van der Waals surface area contributed by atoms with Gasteiger partial charge in [-0.1, -0.05) is 30.1 Å². The third-order valence-electron chi connectivity index (χ3n) is 2.66. The van der Waals surface area contributed by atoms with E-state index in [9.17, 15) is 17.4 Å². The molecule has 1 aromatic heterocycles. The van der Waals surface area contributed by atoms with Gasteiger partial charge in [-0.15, -0.1) is 0 Å². The highest BCUT2D eigenvalue weighted by Gasteiger charge is 2.32. The summed E-state index contributed by atoms with van der Waals surface area (Å²) in [4.78, 5) is 0.449. The van der Waals surface area contributed by atoms with Crippen molar-refractivity contribution in [2.75, 3.05) is 5.75 Å². The smallest absolute Gasteiger partial charge is 0.254 e. The predicted molar refractivity (Wildman–Crippen MR) is 75.5 cm³/mol. The largest absolute Gasteiger partial charge is 0.416 e. The third kappa shape index (κ3) is 3.41. The van der Waals surface area contributed by atoms with Gasteiger partial charge in [0.15, 0.2) is 0 Å². The molecule has 1 heterocycles. The number of hydrogen-bond acceptors (Lipinski definition) is 2. The van der Waals surface area contributed by atoms with Gasteiger partial charge in [-0.05, 0) is 12.1 Å². The molecule has 1 unspecified atom stereocenters. The van der Waals surface area contributed by atoms with E-state index >= 15 is 0 Å². The second-order valence-electron chi connectivity index (χ2n) is 4.04. The lowest BCUT2D eigenvalue weighted by Crippen LogP contribution is -2.06. The normalized spacial score (nSPS) is 13.4. The number of rotatable bonds is 3. The van der Waals surface area contributed by atoms with Gasteiger partial charge in [-0.2, -0.15) is 18.3 Å². The van der Waals surface area contributed by atoms with Crippen LogP contribution in [0.1, 0.15) is 12.5 Å². The number of alkyl halides is 3. The summed E-state index contributed by atoms with van der Waals surface area (Å²) in [6, 6.07) is 1.56. The first kappa shape index (κ1) is 16.3. The van der Waals surface area contributed by atoms with Gasteiger partial charge in [0.2, 0.25) is 0 Å². The monoisotopic (exact) mass is 356 g/mol. The van der Waals surface area contributed by atoms with Gasteiger partial charge in [0.25, 0.3) is 0 Å². The molecular weight excluding hydrogens is 348 g/mol. The molecule has 0 bridgehead atoms. The van der Waals surface area contributed by atoms with E-state index in [1.165, 1.54) is 17.1 Å². The first-order chi connectivity index (χ1) is 9.74. The Morgan fingerprint density at radius 2 is 1.86 bits per heavy atom. The lowest BCUT2D eigenvalue weighted by molar-refractivity contribution is -0.137. The lowest BCUT2D eigenvalue weighted by Gasteiger charge is -2.12. The van der Waals surface area contributed by atoms with Crippen LogP contribution in [-0.4, -0.2) is 19.7 Å². The first-order valence-corrected chi connectivity index (χ1v) is 7.81. The highest BCUT2D eigenvalue weighted by atomic mass is 35.5. The molecule has 114 valence electrons. The lowest BCUT2D eigenvalue weighted by atomic mass is 10.2. The van der Waals surface area contributed by atoms with E-state index in [0.29, 0.717) is 10.6 Å². The summed E-state index contributed by atoms with van der Waals surface area (Å²) in [5.74, 6) is 0.403. The molecule has 0 amide bonds. The van der Waals surface area contributed by atoms with E-state index in [2.05, 4.69) is 5.10 Å². The molecule has 0 radical (unpaired) electrons. The number of aromatic nitrogens is 2. The first-order valence-electron chi connectivity index (χ1n) is 5.73. The van der Waals surface area contributed by atoms with Gasteiger partial charge in [0, 0.05) is 11.9 Å². The van der Waals surface area contributed by atoms with Crippen LogP contribution in [0.4, 0.5) is 13.2 Å². The number of halogens is 5. The number of hydrogen-bond donors (Lipinski definition) is 0. The van der Waals surface area contributed by atoms with Crippen molar-refractivity contribution < 1.29 is 17.4 Å². The van der Waals surface area contributed by atoms with Gasteiger partial charge in [0.1, 0.15) is 5.69 Å². The fraction of sp³-hybridized carbons (Fsp3) is 0.250. The second kappa shape index (κ2) is 5.98. The van der Waals surface area contributed by atoms with Crippen molar-refractivity contribution >= 4 is 34.0 Å². The standard InChI is InChI=1S/C12H9Cl2F3N2OS/c1-2-21(20)8-5-18-19(6-8)11-9(13)3-7(4-10(11)14)12(15,16)17/h3-6H,2H2,1H3. The van der Waals surface area contributed by atoms with E-state index < -0.39 is 22.5 Å². The van der Waals surface area contributed by atoms with E-state index in [1.807, 2.05) is 0 Å². The van der Waals surface area contributed by atoms with Crippen molar-refractivity contribution in [2.24, 2.45) is 0 Å². The fourth-order valence-electron chi connectivity index (χ4n) is 1.66. The van der Waals surface area contributed by atoms with Crippen molar-refractivity contribution in [2.45, 2.75) is 18.0 Å². The molecule has 9 heteroatoms. The van der Waals surface area contributed by atoms with Crippen molar-refractivity contribution in [3.05, 3.63) is 40.1 Å². The zero-order valence-electron chi connectivity index (χ0n) is 10.6. The molecule has 0 fully saturated rings. The van der Waals surface area contributed by atoms with E-state index in [-0.39, 0.29) is 15.7 Å². The molecule has 0 spiro atoms. The van der Waals surface area contributed by atoms with Crippen LogP contribution in [0.5, 0.6) is 0 Å². The number of benzene rings is 1. The van der Waals surface area contributed by atoms with Crippen LogP contribution in [0.15, 0.2) is 29.4 Å². The molecule has 1 atom stereocenters. The summed E-state index contributed by atoms with van der Waals surface area (Å²) in [6.45, 7) is 1.74. The predicted octanol–water partition coefficient (Wildman–Crippen LogP) is 4.33. The topological polar surface area (TPSA) is 34.9 Å². The summed E-state index contributed by atoms with van der Waals surface area (Å²) in [7, 11) is -1.22. The van der Waals surface area contributed by atoms with Crippen LogP contribution < -0.4 is 0 Å². The number of nitrogens with zero attached hydrogens (tertiary/aromatic N) is 2. The average Bonchev–Trinajstić information content (AvgIpc) is 2.85. The zero-order valence-corrected chi connectivity index (χ0v) is 12.9. The third-order valence-corrected chi connectivity index (χ3v) is 4.49. The summed E-state index contributed by atoms with van der Waals surface area (Å²) < 4.78 is 50.8. The minimum Gasteiger partial charge on any atom is -0.254 e. The maximum absolute atomic E-state index is 12.7. The van der Waals surface area contributed by atoms with Gasteiger partial charge in [-0.25, -0.2) is 4.68 Å². The maximum atomic E-state index is 12.7. The molecule has 2 aromatic rings. The molecular formula is C12H9Cl2F3N2OS. The second-order valence-corrected chi connectivity index (χ2v) is 6.60. The van der Waals surface area contributed by atoms with Gasteiger partial charge >= 0.3 is 6.18 Å². The van der Waals surface area contributed by atoms with E-state index in [1.54, 1.807) is 6.92 Å². The minimum atomic E-state index is -4.54. The molecule has 2 rings (SSSR count). The molecule has 1 aromatic carbocycles. The average molecular weight is 357 g/mol. The molecule has 21 heavy (non-hydrogen) atoms. The van der Waals surface area contributed by atoms with Crippen LogP contribution in [-0.2, 0) is 17.0 Å². The minimum absolute atomic E-state index is 0.116. The van der Waals surface area contributed by atoms with Crippen LogP contribution in [0, 0.1) is 0 Å². The molecule has 0 saturated carbocycles. The molecule has 0 aliphatic heterocycles. The summed E-state index contributed by atoms with van der Waals surface area (Å²) >= 11 is 11.8. The summed E-state index contributed by atoms with van der Waals surface area (Å²) in [6.07, 6.45) is -1.74. The Morgan fingerprint density at radius 3 is 2.33 bits per heavy atom. The summed E-state index contributed by atoms with van der Waals surface area (Å²) in [5, 5.41) is 3.57. The Balaban J connectivity index is 2.50. The van der Waals surface area contributed by atoms with Crippen molar-refractivity contribution in [3.63, 3.8) is 0 Å². The van der Waals surface area contributed by atoms with Gasteiger partial charge in [0.05, 0.1) is 37.5 Å². The zero-order chi connectivity index (χ0) is 15.8. The van der Waals surface area contributed by atoms with Crippen LogP contribution in [0.3, 0.4) is 0 Å². The highest BCUT2D eigenvalue weighted by Crippen LogP contribution is 2.37. The van der Waals surface area contributed by atoms with E-state index in [4.69, 9.17) is 23.2 Å². The summed E-state index contributed by atoms with van der Waals surface area (Å²) in [5.41, 5.74) is -0.823. The Hall–Kier alpha value is -1.05. The quantitative estimate of drug-likeness (QED) is 0.820. The molecule has 0 aliphatic carbocycles. The van der Waals surface area contributed by atoms with E-state index in [0.717, 1.165) is 12.1 Å². The molecule has 0 aliphatic rings. The van der Waals surface area contributed by atoms with Gasteiger partial charge < -0.3 is 0 Å². The van der Waals surface area contributed by atoms with Crippen molar-refractivity contribution in [1.29, 1.82) is 0 Å². The Labute approximate surface area is 131 Å². The van der Waals surface area contributed by atoms with Crippen LogP contribution in [0.25, 0.3) is 5.69 Å². The highest BCUT2D eigenvalue weighted by molar-refractivity contribution is 7.85. The molecule has 3 nitrogen and oxygen atoms in total. The maximum Gasteiger partial charge on any atom is 0.416 e. The molecule has 0 N–H and O–H groups in total. The van der Waals surface area contributed by atoms with Crippen molar-refractivity contribution in [3.8, 4) is 5.69 Å². The molecule has 0 saturated heterocycles. The van der Waals surface area contributed by atoms with Crippen LogP contribution >= 0.6 is 23.2 Å². The Kier molecular flexibility index (Phi) is 4.65. The van der Waals surface area contributed by atoms with Crippen LogP contribution in [0.2, 0.25) is 10.0 Å².